The van der Waals surface area contributed by atoms with Crippen LogP contribution >= 0.6 is 0 Å². The van der Waals surface area contributed by atoms with Crippen molar-refractivity contribution in [3.8, 4) is 0 Å². The van der Waals surface area contributed by atoms with Gasteiger partial charge in [0.25, 0.3) is 0 Å². The lowest BCUT2D eigenvalue weighted by Crippen LogP contribution is -2.62. The number of piperazine rings is 1. The summed E-state index contributed by atoms with van der Waals surface area (Å²) in [5.41, 5.74) is 1.52. The standard InChI is InChI=1S/C18H28N2O/c1-18(16-7-4-3-5-8-16)14-19-17(15-9-10-15)13-20(18)11-6-12-21-2/h3-5,7-8,15,17,19H,6,9-14H2,1-2H3. The Balaban J connectivity index is 1.75. The molecule has 1 aliphatic carbocycles. The highest BCUT2D eigenvalue weighted by Gasteiger charge is 2.43. The third-order valence-corrected chi connectivity index (χ3v) is 5.19. The maximum Gasteiger partial charge on any atom is 0.0558 e. The van der Waals surface area contributed by atoms with Gasteiger partial charge in [-0.05, 0) is 37.7 Å². The predicted octanol–water partition coefficient (Wildman–Crippen LogP) is 2.62. The van der Waals surface area contributed by atoms with Crippen LogP contribution in [0.2, 0.25) is 0 Å². The number of nitrogens with zero attached hydrogens (tertiary/aromatic N) is 1. The second-order valence-electron chi connectivity index (χ2n) is 6.76. The predicted molar refractivity (Wildman–Crippen MR) is 86.4 cm³/mol. The van der Waals surface area contributed by atoms with Gasteiger partial charge in [-0.3, -0.25) is 4.90 Å². The van der Waals surface area contributed by atoms with Crippen LogP contribution in [0.15, 0.2) is 30.3 Å². The maximum atomic E-state index is 5.25. The van der Waals surface area contributed by atoms with Crippen LogP contribution in [-0.4, -0.2) is 44.3 Å². The van der Waals surface area contributed by atoms with E-state index < -0.39 is 0 Å². The summed E-state index contributed by atoms with van der Waals surface area (Å²) in [5, 5.41) is 3.82. The van der Waals surface area contributed by atoms with E-state index in [2.05, 4.69) is 47.5 Å². The normalized spacial score (nSPS) is 30.5. The van der Waals surface area contributed by atoms with E-state index in [9.17, 15) is 0 Å². The highest BCUT2D eigenvalue weighted by atomic mass is 16.5. The zero-order chi connectivity index (χ0) is 14.7. The molecule has 1 saturated carbocycles. The van der Waals surface area contributed by atoms with E-state index >= 15 is 0 Å². The molecule has 1 aromatic carbocycles. The molecule has 2 fully saturated rings. The Morgan fingerprint density at radius 3 is 2.71 bits per heavy atom. The van der Waals surface area contributed by atoms with Gasteiger partial charge in [0.05, 0.1) is 5.54 Å². The number of hydrogen-bond donors (Lipinski definition) is 1. The first-order valence-electron chi connectivity index (χ1n) is 8.27. The molecule has 1 aromatic rings. The molecule has 3 rings (SSSR count). The summed E-state index contributed by atoms with van der Waals surface area (Å²) in [5.74, 6) is 0.912. The molecular weight excluding hydrogens is 260 g/mol. The van der Waals surface area contributed by atoms with Gasteiger partial charge in [0.2, 0.25) is 0 Å². The lowest BCUT2D eigenvalue weighted by Gasteiger charge is -2.49. The van der Waals surface area contributed by atoms with Crippen molar-refractivity contribution in [2.75, 3.05) is 33.4 Å². The molecule has 0 amide bonds. The zero-order valence-corrected chi connectivity index (χ0v) is 13.3. The van der Waals surface area contributed by atoms with E-state index in [-0.39, 0.29) is 5.54 Å². The summed E-state index contributed by atoms with van der Waals surface area (Å²) < 4.78 is 5.25. The summed E-state index contributed by atoms with van der Waals surface area (Å²) in [6.07, 6.45) is 3.92. The lowest BCUT2D eigenvalue weighted by atomic mass is 9.86. The smallest absolute Gasteiger partial charge is 0.0558 e. The number of nitrogens with one attached hydrogen (secondary N) is 1. The summed E-state index contributed by atoms with van der Waals surface area (Å²) in [7, 11) is 1.79. The minimum absolute atomic E-state index is 0.0976. The van der Waals surface area contributed by atoms with E-state index in [1.54, 1.807) is 7.11 Å². The Hall–Kier alpha value is -0.900. The van der Waals surface area contributed by atoms with Gasteiger partial charge in [-0.15, -0.1) is 0 Å². The van der Waals surface area contributed by atoms with Gasteiger partial charge in [0.1, 0.15) is 0 Å². The van der Waals surface area contributed by atoms with Gasteiger partial charge in [0.15, 0.2) is 0 Å². The van der Waals surface area contributed by atoms with E-state index in [1.165, 1.54) is 24.9 Å². The van der Waals surface area contributed by atoms with Crippen LogP contribution in [0.3, 0.4) is 0 Å². The molecule has 0 aromatic heterocycles. The van der Waals surface area contributed by atoms with Crippen LogP contribution in [0.5, 0.6) is 0 Å². The van der Waals surface area contributed by atoms with Crippen LogP contribution in [0.1, 0.15) is 31.7 Å². The minimum atomic E-state index is 0.0976. The quantitative estimate of drug-likeness (QED) is 0.814. The van der Waals surface area contributed by atoms with Crippen molar-refractivity contribution in [3.05, 3.63) is 35.9 Å². The van der Waals surface area contributed by atoms with Gasteiger partial charge in [-0.2, -0.15) is 0 Å². The first kappa shape index (κ1) is 15.0. The fourth-order valence-corrected chi connectivity index (χ4v) is 3.58. The molecular formula is C18H28N2O. The lowest BCUT2D eigenvalue weighted by molar-refractivity contribution is 0.0367. The van der Waals surface area contributed by atoms with Crippen molar-refractivity contribution in [2.45, 2.75) is 37.8 Å². The van der Waals surface area contributed by atoms with Gasteiger partial charge < -0.3 is 10.1 Å². The Kier molecular flexibility index (Phi) is 4.63. The monoisotopic (exact) mass is 288 g/mol. The van der Waals surface area contributed by atoms with Crippen molar-refractivity contribution >= 4 is 0 Å². The molecule has 0 spiro atoms. The molecule has 21 heavy (non-hydrogen) atoms. The van der Waals surface area contributed by atoms with Gasteiger partial charge in [-0.1, -0.05) is 30.3 Å². The largest absolute Gasteiger partial charge is 0.385 e. The fraction of sp³-hybridized carbons (Fsp3) is 0.667. The molecule has 0 bridgehead atoms. The van der Waals surface area contributed by atoms with Crippen LogP contribution < -0.4 is 5.32 Å². The first-order valence-corrected chi connectivity index (χ1v) is 8.27. The molecule has 1 aliphatic heterocycles. The third kappa shape index (κ3) is 3.31. The SMILES string of the molecule is COCCCN1CC(C2CC2)NCC1(C)c1ccccc1. The molecule has 3 heteroatoms. The first-order chi connectivity index (χ1) is 10.2. The molecule has 3 nitrogen and oxygen atoms in total. The third-order valence-electron chi connectivity index (χ3n) is 5.19. The van der Waals surface area contributed by atoms with E-state index in [0.717, 1.165) is 32.0 Å². The Bertz CT molecular complexity index is 446. The molecule has 0 radical (unpaired) electrons. The summed E-state index contributed by atoms with van der Waals surface area (Å²) in [4.78, 5) is 2.68. The summed E-state index contributed by atoms with van der Waals surface area (Å²) in [6.45, 7) is 6.56. The van der Waals surface area contributed by atoms with Crippen molar-refractivity contribution in [3.63, 3.8) is 0 Å². The van der Waals surface area contributed by atoms with Crippen LogP contribution in [0.4, 0.5) is 0 Å². The Labute approximate surface area is 128 Å². The number of ether oxygens (including phenoxy) is 1. The molecule has 1 N–H and O–H groups in total. The van der Waals surface area contributed by atoms with Gasteiger partial charge in [0, 0.05) is 39.4 Å². The topological polar surface area (TPSA) is 24.5 Å². The van der Waals surface area contributed by atoms with Crippen molar-refractivity contribution in [2.24, 2.45) is 5.92 Å². The molecule has 1 saturated heterocycles. The number of hydrogen-bond acceptors (Lipinski definition) is 3. The number of methoxy groups -OCH3 is 1. The summed E-state index contributed by atoms with van der Waals surface area (Å²) >= 11 is 0. The van der Waals surface area contributed by atoms with E-state index in [0.29, 0.717) is 6.04 Å². The number of benzene rings is 1. The highest BCUT2D eigenvalue weighted by Crippen LogP contribution is 2.38. The van der Waals surface area contributed by atoms with Crippen molar-refractivity contribution in [1.82, 2.24) is 10.2 Å². The fourth-order valence-electron chi connectivity index (χ4n) is 3.58. The van der Waals surface area contributed by atoms with Crippen LogP contribution in [0.25, 0.3) is 0 Å². The second kappa shape index (κ2) is 6.47. The van der Waals surface area contributed by atoms with Crippen molar-refractivity contribution < 1.29 is 4.74 Å². The molecule has 116 valence electrons. The molecule has 2 atom stereocenters. The summed E-state index contributed by atoms with van der Waals surface area (Å²) in [6, 6.07) is 11.6. The Morgan fingerprint density at radius 1 is 1.29 bits per heavy atom. The van der Waals surface area contributed by atoms with Crippen molar-refractivity contribution in [1.29, 1.82) is 0 Å². The van der Waals surface area contributed by atoms with Crippen LogP contribution in [-0.2, 0) is 10.3 Å². The van der Waals surface area contributed by atoms with Gasteiger partial charge >= 0.3 is 0 Å². The second-order valence-corrected chi connectivity index (χ2v) is 6.76. The van der Waals surface area contributed by atoms with Crippen LogP contribution in [0, 0.1) is 5.92 Å². The minimum Gasteiger partial charge on any atom is -0.385 e. The molecule has 2 unspecified atom stereocenters. The van der Waals surface area contributed by atoms with E-state index in [1.807, 2.05) is 0 Å². The number of rotatable bonds is 6. The molecule has 1 heterocycles. The van der Waals surface area contributed by atoms with Gasteiger partial charge in [-0.25, -0.2) is 0 Å². The average Bonchev–Trinajstić information content (AvgIpc) is 3.35. The average molecular weight is 288 g/mol. The highest BCUT2D eigenvalue weighted by molar-refractivity contribution is 5.25. The van der Waals surface area contributed by atoms with E-state index in [4.69, 9.17) is 4.74 Å². The maximum absolute atomic E-state index is 5.25. The molecule has 2 aliphatic rings. The zero-order valence-electron chi connectivity index (χ0n) is 13.3. The Morgan fingerprint density at radius 2 is 2.05 bits per heavy atom.